The van der Waals surface area contributed by atoms with Gasteiger partial charge in [0.25, 0.3) is 0 Å². The van der Waals surface area contributed by atoms with Crippen LogP contribution in [0.4, 0.5) is 0 Å². The molecule has 2 fully saturated rings. The van der Waals surface area contributed by atoms with Gasteiger partial charge in [0.05, 0.1) is 25.7 Å². The number of phenolic OH excluding ortho intramolecular Hbond substituents is 1. The molecule has 0 radical (unpaired) electrons. The van der Waals surface area contributed by atoms with E-state index in [1.807, 2.05) is 24.3 Å². The predicted octanol–water partition coefficient (Wildman–Crippen LogP) is -4.49. The van der Waals surface area contributed by atoms with Crippen molar-refractivity contribution in [3.8, 4) is 5.75 Å². The van der Waals surface area contributed by atoms with E-state index in [4.69, 9.17) is 22.9 Å². The van der Waals surface area contributed by atoms with Crippen molar-refractivity contribution in [3.63, 3.8) is 0 Å². The number of benzene rings is 2. The van der Waals surface area contributed by atoms with Crippen LogP contribution in [0.1, 0.15) is 95.6 Å². The number of aromatic amines is 1. The molecule has 2 aromatic carbocycles. The Morgan fingerprint density at radius 3 is 1.70 bits per heavy atom. The number of guanidine groups is 1. The topological polar surface area (TPSA) is 558 Å². The molecule has 34 nitrogen and oxygen atoms in total. The molecule has 11 amide bonds. The molecule has 11 atom stereocenters. The number of nitrogens with zero attached hydrogens (tertiary/aromatic N) is 3. The van der Waals surface area contributed by atoms with Crippen molar-refractivity contribution in [1.29, 1.82) is 0 Å². The molecule has 2 aliphatic rings. The van der Waals surface area contributed by atoms with Gasteiger partial charge in [0.2, 0.25) is 65.0 Å². The van der Waals surface area contributed by atoms with E-state index in [1.165, 1.54) is 36.0 Å². The minimum absolute atomic E-state index is 0.00744. The Morgan fingerprint density at radius 1 is 0.619 bits per heavy atom. The number of phenols is 1. The summed E-state index contributed by atoms with van der Waals surface area (Å²) in [7, 11) is 0. The van der Waals surface area contributed by atoms with Crippen LogP contribution >= 0.6 is 11.8 Å². The first-order valence-corrected chi connectivity index (χ1v) is 33.1. The van der Waals surface area contributed by atoms with E-state index in [1.54, 1.807) is 26.3 Å². The minimum atomic E-state index is -1.76. The molecule has 0 aliphatic carbocycles. The summed E-state index contributed by atoms with van der Waals surface area (Å²) in [6, 6.07) is -3.21. The molecule has 2 aliphatic heterocycles. The summed E-state index contributed by atoms with van der Waals surface area (Å²) in [6.45, 7) is 1.21. The molecule has 1 aromatic heterocycles. The second-order valence-corrected chi connectivity index (χ2v) is 25.1. The summed E-state index contributed by atoms with van der Waals surface area (Å²) in [5, 5.41) is 70.9. The number of carboxylic acid groups (broad SMARTS) is 2. The van der Waals surface area contributed by atoms with Gasteiger partial charge in [-0.1, -0.05) is 44.2 Å². The van der Waals surface area contributed by atoms with Crippen molar-refractivity contribution in [2.45, 2.75) is 164 Å². The van der Waals surface area contributed by atoms with Crippen LogP contribution in [0.3, 0.4) is 0 Å². The molecule has 0 spiro atoms. The van der Waals surface area contributed by atoms with E-state index in [0.29, 0.717) is 5.56 Å². The van der Waals surface area contributed by atoms with Gasteiger partial charge in [-0.15, -0.1) is 0 Å². The number of rotatable bonds is 39. The van der Waals surface area contributed by atoms with Gasteiger partial charge in [-0.3, -0.25) is 62.5 Å². The molecule has 5 rings (SSSR count). The molecule has 532 valence electrons. The van der Waals surface area contributed by atoms with Gasteiger partial charge in [-0.05, 0) is 111 Å². The Bertz CT molecular complexity index is 3310. The van der Waals surface area contributed by atoms with E-state index < -0.39 is 176 Å². The van der Waals surface area contributed by atoms with Gasteiger partial charge in [0, 0.05) is 49.6 Å². The molecular weight excluding hydrogens is 1290 g/mol. The molecule has 2 saturated heterocycles. The van der Waals surface area contributed by atoms with Crippen LogP contribution in [0, 0.1) is 5.92 Å². The number of amides is 11. The van der Waals surface area contributed by atoms with E-state index in [-0.39, 0.29) is 107 Å². The first-order valence-electron chi connectivity index (χ1n) is 31.7. The zero-order valence-electron chi connectivity index (χ0n) is 54.2. The molecular formula is C62H90N16O18S. The minimum Gasteiger partial charge on any atom is -0.508 e. The third kappa shape index (κ3) is 23.9. The maximum Gasteiger partial charge on any atom is 0.326 e. The number of aliphatic hydroxyl groups is 2. The largest absolute Gasteiger partial charge is 0.508 e. The second kappa shape index (κ2) is 38.2. The van der Waals surface area contributed by atoms with E-state index in [9.17, 15) is 87.9 Å². The lowest BCUT2D eigenvalue weighted by molar-refractivity contribution is -0.144. The zero-order valence-corrected chi connectivity index (χ0v) is 55.0. The van der Waals surface area contributed by atoms with Gasteiger partial charge in [-0.25, -0.2) is 4.79 Å². The van der Waals surface area contributed by atoms with Crippen LogP contribution in [0.5, 0.6) is 5.75 Å². The fourth-order valence-electron chi connectivity index (χ4n) is 11.2. The maximum absolute atomic E-state index is 14.4. The summed E-state index contributed by atoms with van der Waals surface area (Å²) < 4.78 is 0. The number of carbonyl (C=O) groups is 13. The summed E-state index contributed by atoms with van der Waals surface area (Å²) in [5.74, 6) is -13.6. The van der Waals surface area contributed by atoms with E-state index in [2.05, 4.69) is 52.5 Å². The smallest absolute Gasteiger partial charge is 0.326 e. The third-order valence-electron chi connectivity index (χ3n) is 16.2. The van der Waals surface area contributed by atoms with Gasteiger partial charge in [0.15, 0.2) is 5.96 Å². The summed E-state index contributed by atoms with van der Waals surface area (Å²) in [4.78, 5) is 185. The average Bonchev–Trinajstić information content (AvgIpc) is 1.76. The first kappa shape index (κ1) is 78.1. The Balaban J connectivity index is 1.27. The van der Waals surface area contributed by atoms with Crippen molar-refractivity contribution in [2.75, 3.05) is 44.9 Å². The highest BCUT2D eigenvalue weighted by atomic mass is 32.2. The summed E-state index contributed by atoms with van der Waals surface area (Å²) in [5.41, 5.74) is 24.9. The molecule has 35 heteroatoms. The fourth-order valence-corrected chi connectivity index (χ4v) is 11.6. The number of para-hydroxylation sites is 1. The number of carbonyl (C=O) groups excluding carboxylic acids is 11. The molecule has 0 saturated carbocycles. The number of fused-ring (bicyclic) bond motifs is 1. The van der Waals surface area contributed by atoms with Crippen molar-refractivity contribution in [1.82, 2.24) is 57.3 Å². The molecule has 97 heavy (non-hydrogen) atoms. The normalized spacial score (nSPS) is 17.1. The number of aromatic nitrogens is 1. The Labute approximate surface area is 562 Å². The molecule has 0 bridgehead atoms. The van der Waals surface area contributed by atoms with Crippen molar-refractivity contribution < 1.29 is 87.9 Å². The number of nitrogens with one attached hydrogen (secondary N) is 9. The average molecular weight is 1380 g/mol. The lowest BCUT2D eigenvalue weighted by atomic mass is 10.0. The Kier molecular flexibility index (Phi) is 30.8. The number of hydrogen-bond donors (Lipinski definition) is 18. The van der Waals surface area contributed by atoms with Crippen LogP contribution in [-0.4, -0.2) is 235 Å². The van der Waals surface area contributed by atoms with E-state index in [0.717, 1.165) is 26.3 Å². The number of aliphatic hydroxyl groups excluding tert-OH is 2. The molecule has 22 N–H and O–H groups in total. The molecule has 3 heterocycles. The van der Waals surface area contributed by atoms with Gasteiger partial charge < -0.3 is 106 Å². The summed E-state index contributed by atoms with van der Waals surface area (Å²) >= 11 is 1.29. The maximum atomic E-state index is 14.4. The predicted molar refractivity (Wildman–Crippen MR) is 352 cm³/mol. The molecule has 3 aromatic rings. The van der Waals surface area contributed by atoms with Crippen LogP contribution in [0.2, 0.25) is 0 Å². The number of likely N-dealkylation sites (tertiary alicyclic amines) is 2. The lowest BCUT2D eigenvalue weighted by Crippen LogP contribution is -2.61. The van der Waals surface area contributed by atoms with Crippen LogP contribution < -0.4 is 65.5 Å². The highest BCUT2D eigenvalue weighted by Crippen LogP contribution is 2.24. The van der Waals surface area contributed by atoms with Crippen LogP contribution in [0.15, 0.2) is 59.7 Å². The van der Waals surface area contributed by atoms with Crippen LogP contribution in [-0.2, 0) is 75.2 Å². The fraction of sp³-hybridized carbons (Fsp3) is 0.548. The number of thioether (sulfide) groups is 1. The quantitative estimate of drug-likeness (QED) is 0.0145. The Morgan fingerprint density at radius 2 is 1.13 bits per heavy atom. The number of primary amides is 1. The van der Waals surface area contributed by atoms with E-state index >= 15 is 0 Å². The van der Waals surface area contributed by atoms with Crippen molar-refractivity contribution in [2.24, 2.45) is 33.8 Å². The zero-order chi connectivity index (χ0) is 71.6. The standard InChI is InChI=1S/C62H90N16O18S/c1-32(2)25-44(61(95)96)74-55(89)43(28-49(64)82)73-53(87)40(18-19-50(83)84)70-57(91)47-12-7-22-77(47)59(93)41(20-24-97-3)71-56(90)45(30-79)75-58(92)48-13-8-23-78(48)60(94)46(31-80)76-52(86)39(11-6-21-67-62(65)66)69-54(88)42(26-33-14-16-35(81)17-15-33)72-51(85)37(63)27-34-29-68-38-10-5-4-9-36(34)38/h4-5,9-10,14-17,29,32,37,39-48,68,79-81H,6-8,11-13,18-28,30-31,63H2,1-3H3,(H2,64,82)(H,69,88)(H,70,91)(H,71,90)(H,72,85)(H,73,87)(H,74,89)(H,75,92)(H,76,86)(H,83,84)(H,95,96)(H4,65,66,67)/t37-,39-,40-,41-,42-,43-,44-,45-,46-,47-,48-/m0/s1. The lowest BCUT2D eigenvalue weighted by Gasteiger charge is -2.31. The second-order valence-electron chi connectivity index (χ2n) is 24.1. The van der Waals surface area contributed by atoms with Gasteiger partial charge in [-0.2, -0.15) is 11.8 Å². The van der Waals surface area contributed by atoms with Crippen LogP contribution in [0.25, 0.3) is 10.9 Å². The monoisotopic (exact) mass is 1380 g/mol. The number of carboxylic acids is 2. The van der Waals surface area contributed by atoms with Crippen molar-refractivity contribution >= 4 is 106 Å². The number of aliphatic carboxylic acids is 2. The Hall–Kier alpha value is -9.61. The third-order valence-corrected chi connectivity index (χ3v) is 16.8. The number of aliphatic imine (C=N–C) groups is 1. The highest BCUT2D eigenvalue weighted by Gasteiger charge is 2.43. The van der Waals surface area contributed by atoms with Gasteiger partial charge >= 0.3 is 11.9 Å². The highest BCUT2D eigenvalue weighted by molar-refractivity contribution is 7.98. The summed E-state index contributed by atoms with van der Waals surface area (Å²) in [6.07, 6.45) is 1.65. The number of aromatic hydroxyl groups is 1. The number of H-pyrrole nitrogens is 1. The number of nitrogens with two attached hydrogens (primary N) is 4. The SMILES string of the molecule is CSCC[C@H](NC(=O)[C@H](CO)NC(=O)[C@@H]1CCCN1C(=O)[C@H](CO)NC(=O)[C@H](CCCN=C(N)N)NC(=O)[C@H](Cc1ccc(O)cc1)NC(=O)[C@@H](N)Cc1c[nH]c2ccccc12)C(=O)N1CCC[C@H]1C(=O)N[C@@H](CCC(=O)O)C(=O)N[C@@H](CC(N)=O)C(=O)N[C@@H](CC(C)C)C(=O)O. The molecule has 0 unspecified atom stereocenters. The van der Waals surface area contributed by atoms with Gasteiger partial charge in [0.1, 0.15) is 66.2 Å². The van der Waals surface area contributed by atoms with Crippen molar-refractivity contribution in [3.05, 3.63) is 65.9 Å². The first-order chi connectivity index (χ1) is 46.0. The number of hydrogen-bond acceptors (Lipinski definition) is 19.